The maximum absolute atomic E-state index is 8.52. The summed E-state index contributed by atoms with van der Waals surface area (Å²) in [6, 6.07) is 11.2. The van der Waals surface area contributed by atoms with Gasteiger partial charge in [-0.1, -0.05) is 33.2 Å². The zero-order chi connectivity index (χ0) is 13.7. The average molecular weight is 322 g/mol. The molecule has 5 nitrogen and oxygen atoms in total. The van der Waals surface area contributed by atoms with Crippen LogP contribution in [0, 0.1) is 0 Å². The van der Waals surface area contributed by atoms with E-state index >= 15 is 0 Å². The van der Waals surface area contributed by atoms with Crippen LogP contribution >= 0.6 is 15.9 Å². The Bertz CT molecular complexity index is 567. The monoisotopic (exact) mass is 321 g/mol. The van der Waals surface area contributed by atoms with Crippen LogP contribution in [0.4, 0.5) is 0 Å². The molecule has 0 aliphatic rings. The first-order valence-electron chi connectivity index (χ1n) is 5.50. The molecule has 1 aromatic heterocycles. The SMILES string of the molecule is N/C(=N/O)c1ccc(OCc2ccc(Br)cc2)cn1. The smallest absolute Gasteiger partial charge is 0.188 e. The van der Waals surface area contributed by atoms with Gasteiger partial charge >= 0.3 is 0 Å². The van der Waals surface area contributed by atoms with Gasteiger partial charge in [-0.25, -0.2) is 4.98 Å². The van der Waals surface area contributed by atoms with Crippen molar-refractivity contribution in [3.8, 4) is 5.75 Å². The van der Waals surface area contributed by atoms with E-state index in [1.54, 1.807) is 12.1 Å². The Labute approximate surface area is 118 Å². The molecule has 0 saturated carbocycles. The van der Waals surface area contributed by atoms with Crippen molar-refractivity contribution >= 4 is 21.8 Å². The molecule has 0 unspecified atom stereocenters. The number of ether oxygens (including phenoxy) is 1. The van der Waals surface area contributed by atoms with Gasteiger partial charge in [0, 0.05) is 4.47 Å². The molecule has 0 aliphatic heterocycles. The van der Waals surface area contributed by atoms with Crippen molar-refractivity contribution in [1.82, 2.24) is 4.98 Å². The lowest BCUT2D eigenvalue weighted by Crippen LogP contribution is -2.14. The highest BCUT2D eigenvalue weighted by Crippen LogP contribution is 2.14. The van der Waals surface area contributed by atoms with Gasteiger partial charge in [0.25, 0.3) is 0 Å². The third-order valence-electron chi connectivity index (χ3n) is 2.43. The van der Waals surface area contributed by atoms with Crippen molar-refractivity contribution in [1.29, 1.82) is 0 Å². The molecule has 1 heterocycles. The Morgan fingerprint density at radius 2 is 2.00 bits per heavy atom. The van der Waals surface area contributed by atoms with E-state index in [0.717, 1.165) is 10.0 Å². The lowest BCUT2D eigenvalue weighted by Gasteiger charge is -2.06. The number of nitrogens with two attached hydrogens (primary N) is 1. The van der Waals surface area contributed by atoms with Gasteiger partial charge in [-0.3, -0.25) is 0 Å². The molecule has 1 aromatic carbocycles. The Balaban J connectivity index is 1.98. The lowest BCUT2D eigenvalue weighted by molar-refractivity contribution is 0.305. The van der Waals surface area contributed by atoms with Crippen molar-refractivity contribution in [3.63, 3.8) is 0 Å². The zero-order valence-corrected chi connectivity index (χ0v) is 11.5. The molecule has 0 aliphatic carbocycles. The fourth-order valence-electron chi connectivity index (χ4n) is 1.42. The first kappa shape index (κ1) is 13.4. The van der Waals surface area contributed by atoms with Crippen LogP contribution in [0.3, 0.4) is 0 Å². The molecule has 0 atom stereocenters. The lowest BCUT2D eigenvalue weighted by atomic mass is 10.2. The number of nitrogens with zero attached hydrogens (tertiary/aromatic N) is 2. The van der Waals surface area contributed by atoms with Gasteiger partial charge in [0.2, 0.25) is 0 Å². The van der Waals surface area contributed by atoms with Gasteiger partial charge in [-0.2, -0.15) is 0 Å². The first-order chi connectivity index (χ1) is 9.19. The van der Waals surface area contributed by atoms with E-state index in [0.29, 0.717) is 18.1 Å². The summed E-state index contributed by atoms with van der Waals surface area (Å²) in [7, 11) is 0. The Morgan fingerprint density at radius 1 is 1.26 bits per heavy atom. The molecule has 0 saturated heterocycles. The summed E-state index contributed by atoms with van der Waals surface area (Å²) in [5, 5.41) is 11.4. The van der Waals surface area contributed by atoms with Crippen LogP contribution in [-0.2, 0) is 6.61 Å². The predicted molar refractivity (Wildman–Crippen MR) is 75.2 cm³/mol. The van der Waals surface area contributed by atoms with Gasteiger partial charge in [-0.15, -0.1) is 0 Å². The Kier molecular flexibility index (Phi) is 4.35. The normalized spacial score (nSPS) is 11.3. The minimum atomic E-state index is -0.0283. The Hall–Kier alpha value is -2.08. The fourth-order valence-corrected chi connectivity index (χ4v) is 1.68. The number of pyridine rings is 1. The standard InChI is InChI=1S/C13H12BrN3O2/c14-10-3-1-9(2-4-10)8-19-11-5-6-12(16-7-11)13(15)17-18/h1-7,18H,8H2,(H2,15,17). The summed E-state index contributed by atoms with van der Waals surface area (Å²) in [4.78, 5) is 4.03. The van der Waals surface area contributed by atoms with Gasteiger partial charge in [0.1, 0.15) is 18.1 Å². The predicted octanol–water partition coefficient (Wildman–Crippen LogP) is 2.52. The number of benzene rings is 1. The van der Waals surface area contributed by atoms with Crippen LogP contribution in [0.2, 0.25) is 0 Å². The van der Waals surface area contributed by atoms with E-state index in [4.69, 9.17) is 15.7 Å². The summed E-state index contributed by atoms with van der Waals surface area (Å²) in [6.45, 7) is 0.456. The highest BCUT2D eigenvalue weighted by Gasteiger charge is 2.01. The third-order valence-corrected chi connectivity index (χ3v) is 2.95. The maximum Gasteiger partial charge on any atom is 0.188 e. The number of aromatic nitrogens is 1. The van der Waals surface area contributed by atoms with Crippen molar-refractivity contribution in [2.45, 2.75) is 6.61 Å². The van der Waals surface area contributed by atoms with Gasteiger partial charge in [0.05, 0.1) is 6.20 Å². The van der Waals surface area contributed by atoms with Crippen LogP contribution in [0.5, 0.6) is 5.75 Å². The summed E-state index contributed by atoms with van der Waals surface area (Å²) in [6.07, 6.45) is 1.53. The fraction of sp³-hybridized carbons (Fsp3) is 0.0769. The third kappa shape index (κ3) is 3.69. The van der Waals surface area contributed by atoms with Crippen LogP contribution in [0.1, 0.15) is 11.3 Å². The largest absolute Gasteiger partial charge is 0.487 e. The van der Waals surface area contributed by atoms with E-state index in [2.05, 4.69) is 26.1 Å². The van der Waals surface area contributed by atoms with Crippen LogP contribution in [-0.4, -0.2) is 16.0 Å². The molecule has 2 rings (SSSR count). The van der Waals surface area contributed by atoms with Gasteiger partial charge in [0.15, 0.2) is 5.84 Å². The number of rotatable bonds is 4. The molecular formula is C13H12BrN3O2. The molecule has 3 N–H and O–H groups in total. The van der Waals surface area contributed by atoms with Crippen molar-refractivity contribution in [2.75, 3.05) is 0 Å². The highest BCUT2D eigenvalue weighted by atomic mass is 79.9. The quantitative estimate of drug-likeness (QED) is 0.392. The maximum atomic E-state index is 8.52. The second kappa shape index (κ2) is 6.19. The van der Waals surface area contributed by atoms with E-state index in [9.17, 15) is 0 Å². The van der Waals surface area contributed by atoms with Gasteiger partial charge < -0.3 is 15.7 Å². The van der Waals surface area contributed by atoms with E-state index in [1.165, 1.54) is 6.20 Å². The van der Waals surface area contributed by atoms with Crippen molar-refractivity contribution < 1.29 is 9.94 Å². The van der Waals surface area contributed by atoms with Crippen molar-refractivity contribution in [3.05, 3.63) is 58.3 Å². The second-order valence-corrected chi connectivity index (χ2v) is 4.70. The molecule has 19 heavy (non-hydrogen) atoms. The molecule has 0 spiro atoms. The van der Waals surface area contributed by atoms with Crippen LogP contribution in [0.15, 0.2) is 52.2 Å². The highest BCUT2D eigenvalue weighted by molar-refractivity contribution is 9.10. The topological polar surface area (TPSA) is 80.7 Å². The van der Waals surface area contributed by atoms with E-state index in [-0.39, 0.29) is 5.84 Å². The number of halogens is 1. The molecule has 0 radical (unpaired) electrons. The minimum absolute atomic E-state index is 0.0283. The van der Waals surface area contributed by atoms with E-state index in [1.807, 2.05) is 24.3 Å². The first-order valence-corrected chi connectivity index (χ1v) is 6.29. The molecule has 2 aromatic rings. The number of amidine groups is 1. The minimum Gasteiger partial charge on any atom is -0.487 e. The molecular weight excluding hydrogens is 310 g/mol. The summed E-state index contributed by atoms with van der Waals surface area (Å²) < 4.78 is 6.61. The molecule has 0 fully saturated rings. The second-order valence-electron chi connectivity index (χ2n) is 3.78. The summed E-state index contributed by atoms with van der Waals surface area (Å²) in [5.74, 6) is 0.594. The van der Waals surface area contributed by atoms with Crippen LogP contribution in [0.25, 0.3) is 0 Å². The molecule has 6 heteroatoms. The van der Waals surface area contributed by atoms with E-state index < -0.39 is 0 Å². The summed E-state index contributed by atoms with van der Waals surface area (Å²) >= 11 is 3.38. The molecule has 0 bridgehead atoms. The summed E-state index contributed by atoms with van der Waals surface area (Å²) in [5.41, 5.74) is 6.88. The molecule has 0 amide bonds. The Morgan fingerprint density at radius 3 is 2.58 bits per heavy atom. The van der Waals surface area contributed by atoms with Gasteiger partial charge in [-0.05, 0) is 29.8 Å². The number of hydrogen-bond donors (Lipinski definition) is 2. The number of hydrogen-bond acceptors (Lipinski definition) is 4. The number of oxime groups is 1. The van der Waals surface area contributed by atoms with Crippen molar-refractivity contribution in [2.24, 2.45) is 10.9 Å². The molecule has 98 valence electrons. The van der Waals surface area contributed by atoms with Crippen LogP contribution < -0.4 is 10.5 Å². The zero-order valence-electron chi connectivity index (χ0n) is 9.95. The average Bonchev–Trinajstić information content (AvgIpc) is 2.46.